The van der Waals surface area contributed by atoms with Gasteiger partial charge in [0.2, 0.25) is 0 Å². The molecule has 6 heteroatoms. The first kappa shape index (κ1) is 18.2. The van der Waals surface area contributed by atoms with Gasteiger partial charge in [-0.2, -0.15) is 5.26 Å². The molecular formula is C19H19N3O3. The average molecular weight is 337 g/mol. The monoisotopic (exact) mass is 337 g/mol. The topological polar surface area (TPSA) is 91.2 Å². The lowest BCUT2D eigenvalue weighted by Crippen LogP contribution is -2.25. The molecule has 0 radical (unpaired) electrons. The second-order valence-electron chi connectivity index (χ2n) is 5.33. The van der Waals surface area contributed by atoms with E-state index < -0.39 is 0 Å². The number of nitrogens with one attached hydrogen (secondary N) is 2. The van der Waals surface area contributed by atoms with Crippen LogP contribution in [0, 0.1) is 11.3 Å². The summed E-state index contributed by atoms with van der Waals surface area (Å²) in [6.45, 7) is 1.08. The van der Waals surface area contributed by atoms with E-state index in [9.17, 15) is 9.59 Å². The Morgan fingerprint density at radius 1 is 1.08 bits per heavy atom. The van der Waals surface area contributed by atoms with Crippen LogP contribution in [0.3, 0.4) is 0 Å². The lowest BCUT2D eigenvalue weighted by molar-refractivity contribution is 0.0948. The second-order valence-corrected chi connectivity index (χ2v) is 5.33. The Bertz CT molecular complexity index is 779. The molecule has 0 fully saturated rings. The third kappa shape index (κ3) is 5.44. The average Bonchev–Trinajstić information content (AvgIpc) is 2.65. The molecule has 6 nitrogen and oxygen atoms in total. The number of methoxy groups -OCH3 is 1. The molecule has 0 atom stereocenters. The summed E-state index contributed by atoms with van der Waals surface area (Å²) in [5.74, 6) is -0.553. The maximum Gasteiger partial charge on any atom is 0.255 e. The first-order valence-electron chi connectivity index (χ1n) is 7.83. The van der Waals surface area contributed by atoms with Crippen LogP contribution in [-0.4, -0.2) is 32.1 Å². The van der Waals surface area contributed by atoms with Gasteiger partial charge >= 0.3 is 0 Å². The van der Waals surface area contributed by atoms with Crippen molar-refractivity contribution in [3.05, 3.63) is 65.2 Å². The molecule has 2 aromatic carbocycles. The van der Waals surface area contributed by atoms with Crippen molar-refractivity contribution in [2.75, 3.05) is 25.6 Å². The summed E-state index contributed by atoms with van der Waals surface area (Å²) >= 11 is 0. The third-order valence-electron chi connectivity index (χ3n) is 3.47. The summed E-state index contributed by atoms with van der Waals surface area (Å²) < 4.78 is 4.93. The highest BCUT2D eigenvalue weighted by Gasteiger charge is 2.10. The zero-order valence-corrected chi connectivity index (χ0v) is 13.9. The van der Waals surface area contributed by atoms with Crippen molar-refractivity contribution < 1.29 is 14.3 Å². The summed E-state index contributed by atoms with van der Waals surface area (Å²) in [7, 11) is 1.61. The summed E-state index contributed by atoms with van der Waals surface area (Å²) in [6.07, 6.45) is 0.723. The van der Waals surface area contributed by atoms with Crippen molar-refractivity contribution in [3.63, 3.8) is 0 Å². The Morgan fingerprint density at radius 3 is 2.40 bits per heavy atom. The van der Waals surface area contributed by atoms with E-state index in [1.165, 1.54) is 0 Å². The number of nitrogens with zero attached hydrogens (tertiary/aromatic N) is 1. The number of amides is 2. The van der Waals surface area contributed by atoms with Gasteiger partial charge in [0.15, 0.2) is 0 Å². The summed E-state index contributed by atoms with van der Waals surface area (Å²) in [5, 5.41) is 14.3. The van der Waals surface area contributed by atoms with Crippen molar-refractivity contribution in [1.82, 2.24) is 5.32 Å². The Labute approximate surface area is 146 Å². The first-order valence-corrected chi connectivity index (χ1v) is 7.83. The minimum atomic E-state index is -0.321. The molecule has 2 amide bonds. The number of hydrogen-bond donors (Lipinski definition) is 2. The highest BCUT2D eigenvalue weighted by molar-refractivity contribution is 6.06. The molecule has 25 heavy (non-hydrogen) atoms. The van der Waals surface area contributed by atoms with Crippen molar-refractivity contribution in [3.8, 4) is 6.07 Å². The molecule has 2 N–H and O–H groups in total. The van der Waals surface area contributed by atoms with E-state index >= 15 is 0 Å². The molecule has 0 saturated heterocycles. The maximum absolute atomic E-state index is 12.3. The van der Waals surface area contributed by atoms with Gasteiger partial charge in [0, 0.05) is 37.1 Å². The van der Waals surface area contributed by atoms with Crippen LogP contribution in [0.1, 0.15) is 32.7 Å². The summed E-state index contributed by atoms with van der Waals surface area (Å²) in [6, 6.07) is 15.1. The zero-order chi connectivity index (χ0) is 18.1. The third-order valence-corrected chi connectivity index (χ3v) is 3.47. The number of carbonyl (C=O) groups is 2. The minimum Gasteiger partial charge on any atom is -0.385 e. The van der Waals surface area contributed by atoms with E-state index in [0.29, 0.717) is 35.5 Å². The first-order chi connectivity index (χ1) is 12.1. The number of rotatable bonds is 7. The molecule has 0 aliphatic carbocycles. The van der Waals surface area contributed by atoms with Gasteiger partial charge in [-0.1, -0.05) is 6.07 Å². The lowest BCUT2D eigenvalue weighted by Gasteiger charge is -2.08. The Morgan fingerprint density at radius 2 is 1.76 bits per heavy atom. The summed E-state index contributed by atoms with van der Waals surface area (Å²) in [5.41, 5.74) is 1.90. The maximum atomic E-state index is 12.3. The van der Waals surface area contributed by atoms with Gasteiger partial charge in [0.05, 0.1) is 11.6 Å². The normalized spacial score (nSPS) is 9.92. The molecule has 0 bridgehead atoms. The van der Waals surface area contributed by atoms with Gasteiger partial charge in [-0.3, -0.25) is 9.59 Å². The van der Waals surface area contributed by atoms with Crippen molar-refractivity contribution >= 4 is 17.5 Å². The SMILES string of the molecule is COCCCNC(=O)c1cccc(C(=O)Nc2ccc(C#N)cc2)c1. The van der Waals surface area contributed by atoms with Crippen molar-refractivity contribution in [2.45, 2.75) is 6.42 Å². The van der Waals surface area contributed by atoms with Crippen LogP contribution >= 0.6 is 0 Å². The molecule has 0 heterocycles. The Hall–Kier alpha value is -3.17. The van der Waals surface area contributed by atoms with E-state index in [1.54, 1.807) is 55.6 Å². The predicted molar refractivity (Wildman–Crippen MR) is 94.4 cm³/mol. The van der Waals surface area contributed by atoms with E-state index in [-0.39, 0.29) is 11.8 Å². The second kappa shape index (κ2) is 9.21. The van der Waals surface area contributed by atoms with Gasteiger partial charge in [-0.15, -0.1) is 0 Å². The lowest BCUT2D eigenvalue weighted by atomic mass is 10.1. The molecule has 2 aromatic rings. The van der Waals surface area contributed by atoms with Crippen molar-refractivity contribution in [2.24, 2.45) is 0 Å². The van der Waals surface area contributed by atoms with E-state index in [1.807, 2.05) is 6.07 Å². The molecule has 128 valence electrons. The number of hydrogen-bond acceptors (Lipinski definition) is 4. The highest BCUT2D eigenvalue weighted by atomic mass is 16.5. The van der Waals surface area contributed by atoms with Crippen LogP contribution < -0.4 is 10.6 Å². The van der Waals surface area contributed by atoms with Gasteiger partial charge in [-0.25, -0.2) is 0 Å². The molecule has 0 aliphatic rings. The standard InChI is InChI=1S/C19H19N3O3/c1-25-11-3-10-21-18(23)15-4-2-5-16(12-15)19(24)22-17-8-6-14(13-20)7-9-17/h2,4-9,12H,3,10-11H2,1H3,(H,21,23)(H,22,24). The van der Waals surface area contributed by atoms with Gasteiger partial charge in [0.1, 0.15) is 0 Å². The fourth-order valence-corrected chi connectivity index (χ4v) is 2.15. The number of nitriles is 1. The van der Waals surface area contributed by atoms with Crippen LogP contribution in [0.2, 0.25) is 0 Å². The molecule has 2 rings (SSSR count). The molecule has 0 spiro atoms. The summed E-state index contributed by atoms with van der Waals surface area (Å²) in [4.78, 5) is 24.4. The number of carbonyl (C=O) groups excluding carboxylic acids is 2. The largest absolute Gasteiger partial charge is 0.385 e. The van der Waals surface area contributed by atoms with Crippen LogP contribution in [-0.2, 0) is 4.74 Å². The molecule has 0 aliphatic heterocycles. The highest BCUT2D eigenvalue weighted by Crippen LogP contribution is 2.12. The smallest absolute Gasteiger partial charge is 0.255 e. The number of anilines is 1. The molecule has 0 aromatic heterocycles. The molecular weight excluding hydrogens is 318 g/mol. The van der Waals surface area contributed by atoms with Crippen LogP contribution in [0.25, 0.3) is 0 Å². The predicted octanol–water partition coefficient (Wildman–Crippen LogP) is 2.58. The van der Waals surface area contributed by atoms with Gasteiger partial charge in [-0.05, 0) is 48.9 Å². The molecule has 0 saturated carbocycles. The minimum absolute atomic E-state index is 0.232. The van der Waals surface area contributed by atoms with E-state index in [0.717, 1.165) is 6.42 Å². The van der Waals surface area contributed by atoms with Crippen LogP contribution in [0.15, 0.2) is 48.5 Å². The Kier molecular flexibility index (Phi) is 6.69. The van der Waals surface area contributed by atoms with Gasteiger partial charge < -0.3 is 15.4 Å². The van der Waals surface area contributed by atoms with E-state index in [4.69, 9.17) is 10.00 Å². The zero-order valence-electron chi connectivity index (χ0n) is 13.9. The van der Waals surface area contributed by atoms with E-state index in [2.05, 4.69) is 10.6 Å². The number of ether oxygens (including phenoxy) is 1. The van der Waals surface area contributed by atoms with Gasteiger partial charge in [0.25, 0.3) is 11.8 Å². The quantitative estimate of drug-likeness (QED) is 0.760. The van der Waals surface area contributed by atoms with Crippen LogP contribution in [0.5, 0.6) is 0 Å². The van der Waals surface area contributed by atoms with Crippen LogP contribution in [0.4, 0.5) is 5.69 Å². The fourth-order valence-electron chi connectivity index (χ4n) is 2.15. The van der Waals surface area contributed by atoms with Crippen molar-refractivity contribution in [1.29, 1.82) is 5.26 Å². The number of benzene rings is 2. The Balaban J connectivity index is 2.00. The molecule has 0 unspecified atom stereocenters. The fraction of sp³-hybridized carbons (Fsp3) is 0.211.